The lowest BCUT2D eigenvalue weighted by Crippen LogP contribution is -2.25. The molecular formula is C14H9N5. The second-order valence-corrected chi connectivity index (χ2v) is 4.24. The van der Waals surface area contributed by atoms with E-state index in [9.17, 15) is 10.5 Å². The molecule has 0 radical (unpaired) electrons. The number of dihydropyridines is 1. The summed E-state index contributed by atoms with van der Waals surface area (Å²) in [5.41, 5.74) is 2.12. The monoisotopic (exact) mass is 247 g/mol. The molecule has 1 aliphatic heterocycles. The van der Waals surface area contributed by atoms with Gasteiger partial charge < -0.3 is 5.32 Å². The molecule has 0 saturated heterocycles. The van der Waals surface area contributed by atoms with Crippen LogP contribution in [-0.4, -0.2) is 0 Å². The fraction of sp³-hybridized carbons (Fsp3) is 0.286. The van der Waals surface area contributed by atoms with E-state index in [1.54, 1.807) is 12.1 Å². The van der Waals surface area contributed by atoms with Crippen molar-refractivity contribution in [1.82, 2.24) is 5.32 Å². The van der Waals surface area contributed by atoms with Crippen LogP contribution in [0.3, 0.4) is 0 Å². The Balaban J connectivity index is 2.72. The second-order valence-electron chi connectivity index (χ2n) is 4.24. The molecule has 0 aromatic rings. The number of nitrogens with one attached hydrogen (secondary N) is 1. The van der Waals surface area contributed by atoms with Crippen molar-refractivity contribution in [3.63, 3.8) is 0 Å². The minimum Gasteiger partial charge on any atom is -0.356 e. The van der Waals surface area contributed by atoms with Crippen molar-refractivity contribution >= 4 is 0 Å². The SMILES string of the molecule is N#CC(C#N)=C1NC2=C(CCCC2)C(C#N)=C1C#N. The fourth-order valence-electron chi connectivity index (χ4n) is 2.37. The van der Waals surface area contributed by atoms with Gasteiger partial charge in [-0.3, -0.25) is 0 Å². The molecule has 0 fully saturated rings. The summed E-state index contributed by atoms with van der Waals surface area (Å²) in [6.45, 7) is 0. The van der Waals surface area contributed by atoms with Gasteiger partial charge in [0.15, 0.2) is 5.57 Å². The van der Waals surface area contributed by atoms with E-state index in [0.29, 0.717) is 5.57 Å². The third-order valence-corrected chi connectivity index (χ3v) is 3.24. The predicted octanol–water partition coefficient (Wildman–Crippen LogP) is 2.06. The molecule has 0 aromatic heterocycles. The molecule has 2 aliphatic rings. The van der Waals surface area contributed by atoms with Gasteiger partial charge in [-0.15, -0.1) is 0 Å². The first-order valence-electron chi connectivity index (χ1n) is 5.85. The molecule has 5 nitrogen and oxygen atoms in total. The van der Waals surface area contributed by atoms with Gasteiger partial charge >= 0.3 is 0 Å². The van der Waals surface area contributed by atoms with E-state index in [1.807, 2.05) is 12.1 Å². The maximum absolute atomic E-state index is 9.27. The third kappa shape index (κ3) is 1.95. The highest BCUT2D eigenvalue weighted by Gasteiger charge is 2.28. The van der Waals surface area contributed by atoms with E-state index >= 15 is 0 Å². The molecule has 90 valence electrons. The summed E-state index contributed by atoms with van der Waals surface area (Å²) in [4.78, 5) is 0. The maximum atomic E-state index is 9.27. The zero-order valence-corrected chi connectivity index (χ0v) is 10.1. The minimum atomic E-state index is -0.165. The van der Waals surface area contributed by atoms with Crippen LogP contribution in [0.5, 0.6) is 0 Å². The Hall–Kier alpha value is -3.02. The Labute approximate surface area is 111 Å². The molecule has 1 aliphatic carbocycles. The zero-order chi connectivity index (χ0) is 13.8. The molecule has 0 bridgehead atoms. The molecule has 1 N–H and O–H groups in total. The van der Waals surface area contributed by atoms with Crippen molar-refractivity contribution in [2.75, 3.05) is 0 Å². The van der Waals surface area contributed by atoms with Crippen LogP contribution in [0, 0.1) is 45.3 Å². The molecule has 0 saturated carbocycles. The van der Waals surface area contributed by atoms with Crippen molar-refractivity contribution in [2.24, 2.45) is 0 Å². The lowest BCUT2D eigenvalue weighted by Gasteiger charge is -2.27. The summed E-state index contributed by atoms with van der Waals surface area (Å²) in [7, 11) is 0. The Kier molecular flexibility index (Phi) is 3.33. The molecule has 2 rings (SSSR count). The highest BCUT2D eigenvalue weighted by atomic mass is 14.9. The van der Waals surface area contributed by atoms with Gasteiger partial charge in [0.1, 0.15) is 24.3 Å². The maximum Gasteiger partial charge on any atom is 0.154 e. The molecule has 0 spiro atoms. The van der Waals surface area contributed by atoms with Crippen LogP contribution >= 0.6 is 0 Å². The van der Waals surface area contributed by atoms with Gasteiger partial charge in [0.05, 0.1) is 16.8 Å². The third-order valence-electron chi connectivity index (χ3n) is 3.24. The fourth-order valence-corrected chi connectivity index (χ4v) is 2.37. The molecule has 0 amide bonds. The van der Waals surface area contributed by atoms with E-state index in [-0.39, 0.29) is 16.8 Å². The van der Waals surface area contributed by atoms with Crippen molar-refractivity contribution in [3.8, 4) is 24.3 Å². The smallest absolute Gasteiger partial charge is 0.154 e. The van der Waals surface area contributed by atoms with Crippen LogP contribution in [-0.2, 0) is 0 Å². The standard InChI is InChI=1S/C14H9N5/c15-5-9(6-16)14-12(8-18)11(7-17)10-3-1-2-4-13(10)19-14/h19H,1-4H2. The van der Waals surface area contributed by atoms with Crippen molar-refractivity contribution in [3.05, 3.63) is 33.7 Å². The van der Waals surface area contributed by atoms with Crippen LogP contribution < -0.4 is 5.32 Å². The predicted molar refractivity (Wildman–Crippen MR) is 65.1 cm³/mol. The first-order valence-corrected chi connectivity index (χ1v) is 5.85. The molecule has 0 aromatic carbocycles. The summed E-state index contributed by atoms with van der Waals surface area (Å²) in [5.74, 6) is 0. The van der Waals surface area contributed by atoms with Gasteiger partial charge in [-0.05, 0) is 31.3 Å². The number of rotatable bonds is 0. The van der Waals surface area contributed by atoms with Gasteiger partial charge in [-0.25, -0.2) is 0 Å². The van der Waals surface area contributed by atoms with E-state index in [1.165, 1.54) is 0 Å². The molecule has 1 heterocycles. The summed E-state index contributed by atoms with van der Waals surface area (Å²) >= 11 is 0. The first-order chi connectivity index (χ1) is 9.26. The number of nitrogens with zero attached hydrogens (tertiary/aromatic N) is 4. The largest absolute Gasteiger partial charge is 0.356 e. The second kappa shape index (κ2) is 5.09. The van der Waals surface area contributed by atoms with Crippen molar-refractivity contribution in [1.29, 1.82) is 21.0 Å². The highest BCUT2D eigenvalue weighted by molar-refractivity contribution is 5.66. The van der Waals surface area contributed by atoms with Gasteiger partial charge in [0.2, 0.25) is 0 Å². The van der Waals surface area contributed by atoms with E-state index < -0.39 is 0 Å². The number of allylic oxidation sites excluding steroid dienone is 5. The number of nitriles is 4. The molecule has 0 unspecified atom stereocenters. The summed E-state index contributed by atoms with van der Waals surface area (Å²) in [5, 5.41) is 39.4. The summed E-state index contributed by atoms with van der Waals surface area (Å²) < 4.78 is 0. The summed E-state index contributed by atoms with van der Waals surface area (Å²) in [6, 6.07) is 7.51. The van der Waals surface area contributed by atoms with Crippen LogP contribution in [0.25, 0.3) is 0 Å². The van der Waals surface area contributed by atoms with Crippen LogP contribution in [0.2, 0.25) is 0 Å². The molecule has 0 atom stereocenters. The Bertz CT molecular complexity index is 676. The minimum absolute atomic E-state index is 0.0984. The van der Waals surface area contributed by atoms with Gasteiger partial charge in [-0.2, -0.15) is 21.0 Å². The molecule has 19 heavy (non-hydrogen) atoms. The van der Waals surface area contributed by atoms with E-state index in [4.69, 9.17) is 10.5 Å². The normalized spacial score (nSPS) is 17.4. The average Bonchev–Trinajstić information content (AvgIpc) is 2.47. The van der Waals surface area contributed by atoms with Crippen LogP contribution in [0.1, 0.15) is 25.7 Å². The lowest BCUT2D eigenvalue weighted by atomic mass is 9.84. The Morgan fingerprint density at radius 2 is 1.53 bits per heavy atom. The lowest BCUT2D eigenvalue weighted by molar-refractivity contribution is 0.640. The van der Waals surface area contributed by atoms with Crippen molar-refractivity contribution < 1.29 is 0 Å². The quantitative estimate of drug-likeness (QED) is 0.659. The Morgan fingerprint density at radius 3 is 2.11 bits per heavy atom. The highest BCUT2D eigenvalue weighted by Crippen LogP contribution is 2.36. The molecule has 5 heteroatoms. The van der Waals surface area contributed by atoms with Crippen LogP contribution in [0.15, 0.2) is 33.7 Å². The number of hydrogen-bond donors (Lipinski definition) is 1. The zero-order valence-electron chi connectivity index (χ0n) is 10.1. The molecular weight excluding hydrogens is 238 g/mol. The van der Waals surface area contributed by atoms with E-state index in [0.717, 1.165) is 37.0 Å². The van der Waals surface area contributed by atoms with Gasteiger partial charge in [0, 0.05) is 5.70 Å². The van der Waals surface area contributed by atoms with Crippen molar-refractivity contribution in [2.45, 2.75) is 25.7 Å². The topological polar surface area (TPSA) is 107 Å². The van der Waals surface area contributed by atoms with E-state index in [2.05, 4.69) is 5.32 Å². The average molecular weight is 247 g/mol. The first kappa shape index (κ1) is 12.4. The van der Waals surface area contributed by atoms with Gasteiger partial charge in [0.25, 0.3) is 0 Å². The Morgan fingerprint density at radius 1 is 0.895 bits per heavy atom. The van der Waals surface area contributed by atoms with Crippen LogP contribution in [0.4, 0.5) is 0 Å². The van der Waals surface area contributed by atoms with Gasteiger partial charge in [-0.1, -0.05) is 0 Å². The summed E-state index contributed by atoms with van der Waals surface area (Å²) in [6.07, 6.45) is 3.49. The number of hydrogen-bond acceptors (Lipinski definition) is 5.